The minimum Gasteiger partial charge on any atom is -0.388 e. The summed E-state index contributed by atoms with van der Waals surface area (Å²) in [5, 5.41) is 18.8. The summed E-state index contributed by atoms with van der Waals surface area (Å²) in [6.07, 6.45) is -3.49. The Labute approximate surface area is 157 Å². The zero-order valence-electron chi connectivity index (χ0n) is 14.3. The number of thioether (sulfide) groups is 2. The van der Waals surface area contributed by atoms with Gasteiger partial charge in [-0.15, -0.1) is 34.1 Å². The van der Waals surface area contributed by atoms with Crippen LogP contribution in [-0.2, 0) is 9.59 Å². The quantitative estimate of drug-likeness (QED) is 0.364. The number of benzene rings is 1. The molecule has 0 fully saturated rings. The van der Waals surface area contributed by atoms with Gasteiger partial charge in [0.05, 0.1) is 9.48 Å². The van der Waals surface area contributed by atoms with Crippen molar-refractivity contribution in [3.63, 3.8) is 0 Å². The highest BCUT2D eigenvalue weighted by atomic mass is 32.3. The van der Waals surface area contributed by atoms with Gasteiger partial charge in [0.25, 0.3) is 5.78 Å². The Morgan fingerprint density at radius 1 is 1.04 bits per heavy atom. The predicted molar refractivity (Wildman–Crippen MR) is 104 cm³/mol. The van der Waals surface area contributed by atoms with Gasteiger partial charge in [0.1, 0.15) is 12.2 Å². The predicted octanol–water partition coefficient (Wildman–Crippen LogP) is 2.75. The van der Waals surface area contributed by atoms with Crippen molar-refractivity contribution in [2.24, 2.45) is 0 Å². The summed E-state index contributed by atoms with van der Waals surface area (Å²) >= 11 is 2.69. The van der Waals surface area contributed by atoms with Gasteiger partial charge in [-0.05, 0) is 30.6 Å². The molecule has 0 bridgehead atoms. The number of aliphatic hydroxyl groups excluding tert-OH is 2. The molecule has 142 valence electrons. The molecule has 0 aliphatic rings. The summed E-state index contributed by atoms with van der Waals surface area (Å²) < 4.78 is 19.8. The van der Waals surface area contributed by atoms with E-state index < -0.39 is 38.3 Å². The molecule has 1 rings (SSSR count). The summed E-state index contributed by atoms with van der Waals surface area (Å²) in [5.41, 5.74) is 0.851. The van der Waals surface area contributed by atoms with Crippen LogP contribution in [0.4, 0.5) is 0 Å². The standard InChI is InChI=1S/C16H24O6S3/c1-4-23-16(24-5-2)14(19)12(17)13(18)15(20)25(21,22)11-8-6-10(3)7-9-11/h6-9,12,14,16-17,19,21-22H,4-5H2,1-3H3/t12-,14+/m1/s1. The van der Waals surface area contributed by atoms with E-state index in [0.717, 1.165) is 5.56 Å². The molecule has 0 saturated carbocycles. The molecular weight excluding hydrogens is 384 g/mol. The number of aliphatic hydroxyl groups is 2. The molecular formula is C16H24O6S3. The molecule has 4 N–H and O–H groups in total. The van der Waals surface area contributed by atoms with Crippen molar-refractivity contribution < 1.29 is 28.9 Å². The van der Waals surface area contributed by atoms with Crippen molar-refractivity contribution in [3.05, 3.63) is 29.8 Å². The molecule has 0 aromatic heterocycles. The number of carbonyl (C=O) groups excluding carboxylic acids is 2. The molecule has 0 unspecified atom stereocenters. The van der Waals surface area contributed by atoms with Gasteiger partial charge in [-0.2, -0.15) is 0 Å². The van der Waals surface area contributed by atoms with E-state index in [1.54, 1.807) is 19.1 Å². The second-order valence-electron chi connectivity index (χ2n) is 5.23. The van der Waals surface area contributed by atoms with Crippen molar-refractivity contribution in [1.82, 2.24) is 0 Å². The SMILES string of the molecule is CCSC(SCC)[C@@H](O)[C@H](O)C(=O)C(=O)S(O)(O)c1ccc(C)cc1. The number of hydrogen-bond acceptors (Lipinski definition) is 8. The lowest BCUT2D eigenvalue weighted by atomic mass is 10.1. The van der Waals surface area contributed by atoms with Gasteiger partial charge >= 0.3 is 5.12 Å². The van der Waals surface area contributed by atoms with Gasteiger partial charge in [-0.1, -0.05) is 31.5 Å². The summed E-state index contributed by atoms with van der Waals surface area (Å²) in [5.74, 6) is -0.0870. The Bertz CT molecular complexity index is 584. The molecule has 0 aliphatic heterocycles. The first-order chi connectivity index (χ1) is 11.7. The van der Waals surface area contributed by atoms with Crippen LogP contribution in [0.5, 0.6) is 0 Å². The Morgan fingerprint density at radius 2 is 1.52 bits per heavy atom. The normalized spacial score (nSPS) is 15.0. The number of rotatable bonds is 9. The lowest BCUT2D eigenvalue weighted by molar-refractivity contribution is -0.141. The van der Waals surface area contributed by atoms with Gasteiger partial charge in [-0.25, -0.2) is 0 Å². The van der Waals surface area contributed by atoms with Crippen LogP contribution in [0.1, 0.15) is 19.4 Å². The average molecular weight is 409 g/mol. The zero-order valence-corrected chi connectivity index (χ0v) is 16.7. The monoisotopic (exact) mass is 408 g/mol. The van der Waals surface area contributed by atoms with Crippen LogP contribution in [0, 0.1) is 6.92 Å². The molecule has 0 aliphatic carbocycles. The van der Waals surface area contributed by atoms with E-state index in [9.17, 15) is 28.9 Å². The van der Waals surface area contributed by atoms with Crippen molar-refractivity contribution >= 4 is 45.0 Å². The van der Waals surface area contributed by atoms with Crippen LogP contribution in [0.25, 0.3) is 0 Å². The second-order valence-corrected chi connectivity index (χ2v) is 10.3. The van der Waals surface area contributed by atoms with Crippen LogP contribution in [-0.4, -0.2) is 58.5 Å². The smallest absolute Gasteiger partial charge is 0.313 e. The lowest BCUT2D eigenvalue weighted by Gasteiger charge is -2.31. The largest absolute Gasteiger partial charge is 0.388 e. The third kappa shape index (κ3) is 5.72. The summed E-state index contributed by atoms with van der Waals surface area (Å²) in [7, 11) is -4.06. The molecule has 2 atom stereocenters. The van der Waals surface area contributed by atoms with Crippen molar-refractivity contribution in [2.45, 2.75) is 42.5 Å². The van der Waals surface area contributed by atoms with Gasteiger partial charge in [0, 0.05) is 0 Å². The number of carbonyl (C=O) groups is 2. The Morgan fingerprint density at radius 3 is 1.96 bits per heavy atom. The van der Waals surface area contributed by atoms with Crippen LogP contribution < -0.4 is 0 Å². The Hall–Kier alpha value is -0.550. The zero-order chi connectivity index (χ0) is 19.2. The first kappa shape index (κ1) is 22.5. The molecule has 0 amide bonds. The van der Waals surface area contributed by atoms with Gasteiger partial charge in [-0.3, -0.25) is 18.7 Å². The molecule has 25 heavy (non-hydrogen) atoms. The van der Waals surface area contributed by atoms with Crippen LogP contribution in [0.3, 0.4) is 0 Å². The van der Waals surface area contributed by atoms with E-state index in [0.29, 0.717) is 11.5 Å². The fourth-order valence-corrected chi connectivity index (χ4v) is 5.66. The topological polar surface area (TPSA) is 115 Å². The van der Waals surface area contributed by atoms with E-state index in [2.05, 4.69) is 0 Å². The third-order valence-corrected chi connectivity index (χ3v) is 7.69. The fraction of sp³-hybridized carbons (Fsp3) is 0.500. The highest BCUT2D eigenvalue weighted by Crippen LogP contribution is 2.49. The van der Waals surface area contributed by atoms with Gasteiger partial charge < -0.3 is 10.2 Å². The van der Waals surface area contributed by atoms with Gasteiger partial charge in [0.15, 0.2) is 0 Å². The number of hydrogen-bond donors (Lipinski definition) is 4. The van der Waals surface area contributed by atoms with E-state index in [-0.39, 0.29) is 4.90 Å². The maximum absolute atomic E-state index is 12.2. The van der Waals surface area contributed by atoms with E-state index >= 15 is 0 Å². The highest BCUT2D eigenvalue weighted by Gasteiger charge is 2.40. The van der Waals surface area contributed by atoms with Crippen LogP contribution in [0.2, 0.25) is 0 Å². The van der Waals surface area contributed by atoms with E-state index in [4.69, 9.17) is 0 Å². The van der Waals surface area contributed by atoms with E-state index in [1.807, 2.05) is 13.8 Å². The molecule has 0 spiro atoms. The van der Waals surface area contributed by atoms with E-state index in [1.165, 1.54) is 35.7 Å². The first-order valence-corrected chi connectivity index (χ1v) is 11.3. The Balaban J connectivity index is 2.95. The number of Topliss-reactive ketones (excluding diaryl/α,β-unsaturated/α-hetero) is 1. The second kappa shape index (κ2) is 9.96. The average Bonchev–Trinajstić information content (AvgIpc) is 2.59. The molecule has 6 nitrogen and oxygen atoms in total. The van der Waals surface area contributed by atoms with Crippen LogP contribution in [0.15, 0.2) is 29.2 Å². The minimum absolute atomic E-state index is 0.0967. The van der Waals surface area contributed by atoms with Crippen LogP contribution >= 0.6 is 34.1 Å². The minimum atomic E-state index is -4.06. The molecule has 9 heteroatoms. The lowest BCUT2D eigenvalue weighted by Crippen LogP contribution is -2.44. The number of aryl methyl sites for hydroxylation is 1. The molecule has 1 aromatic rings. The van der Waals surface area contributed by atoms with Gasteiger partial charge in [0.2, 0.25) is 0 Å². The Kier molecular flexibility index (Phi) is 8.96. The molecule has 0 radical (unpaired) electrons. The third-order valence-electron chi connectivity index (χ3n) is 3.34. The van der Waals surface area contributed by atoms with Crippen molar-refractivity contribution in [3.8, 4) is 0 Å². The maximum Gasteiger partial charge on any atom is 0.313 e. The van der Waals surface area contributed by atoms with Crippen molar-refractivity contribution in [1.29, 1.82) is 0 Å². The summed E-state index contributed by atoms with van der Waals surface area (Å²) in [6, 6.07) is 5.86. The summed E-state index contributed by atoms with van der Waals surface area (Å²) in [4.78, 5) is 24.3. The van der Waals surface area contributed by atoms with Crippen molar-refractivity contribution in [2.75, 3.05) is 11.5 Å². The molecule has 0 heterocycles. The molecule has 0 saturated heterocycles. The first-order valence-electron chi connectivity index (χ1n) is 7.69. The maximum atomic E-state index is 12.2. The fourth-order valence-electron chi connectivity index (χ4n) is 1.97. The summed E-state index contributed by atoms with van der Waals surface area (Å²) in [6.45, 7) is 5.53. The number of ketones is 1. The highest BCUT2D eigenvalue weighted by molar-refractivity contribution is 8.38. The molecule has 1 aromatic carbocycles.